The number of amides is 2. The topological polar surface area (TPSA) is 44.4 Å². The van der Waals surface area contributed by atoms with Gasteiger partial charge in [-0.25, -0.2) is 4.79 Å². The normalized spacial score (nSPS) is 11.0. The second kappa shape index (κ2) is 7.18. The molecule has 4 nitrogen and oxygen atoms in total. The molecule has 4 heteroatoms. The van der Waals surface area contributed by atoms with Crippen LogP contribution >= 0.6 is 0 Å². The predicted octanol–water partition coefficient (Wildman–Crippen LogP) is 3.85. The van der Waals surface area contributed by atoms with Crippen LogP contribution in [0.4, 0.5) is 16.2 Å². The molecule has 0 fully saturated rings. The maximum Gasteiger partial charge on any atom is 0.319 e. The molecule has 2 rings (SSSR count). The lowest BCUT2D eigenvalue weighted by Gasteiger charge is -2.25. The molecule has 0 aliphatic carbocycles. The summed E-state index contributed by atoms with van der Waals surface area (Å²) in [6.45, 7) is 4.81. The Hall–Kier alpha value is -2.49. The van der Waals surface area contributed by atoms with E-state index in [9.17, 15) is 4.79 Å². The zero-order valence-corrected chi connectivity index (χ0v) is 14.3. The Kier molecular flexibility index (Phi) is 5.27. The lowest BCUT2D eigenvalue weighted by Crippen LogP contribution is -2.38. The first kappa shape index (κ1) is 16.9. The van der Waals surface area contributed by atoms with E-state index in [0.29, 0.717) is 6.54 Å². The summed E-state index contributed by atoms with van der Waals surface area (Å²) >= 11 is 0. The molecule has 2 aromatic rings. The third-order valence-corrected chi connectivity index (χ3v) is 3.89. The zero-order valence-electron chi connectivity index (χ0n) is 14.3. The molecule has 0 atom stereocenters. The van der Waals surface area contributed by atoms with E-state index < -0.39 is 0 Å². The fourth-order valence-electron chi connectivity index (χ4n) is 2.31. The van der Waals surface area contributed by atoms with Crippen LogP contribution in [0, 0.1) is 0 Å². The highest BCUT2D eigenvalue weighted by molar-refractivity contribution is 5.89. The molecule has 0 saturated carbocycles. The number of hydrogen-bond acceptors (Lipinski definition) is 2. The molecular weight excluding hydrogens is 286 g/mol. The molecule has 2 N–H and O–H groups in total. The minimum absolute atomic E-state index is 0.118. The molecule has 122 valence electrons. The van der Waals surface area contributed by atoms with E-state index in [-0.39, 0.29) is 11.4 Å². The lowest BCUT2D eigenvalue weighted by molar-refractivity contribution is 0.249. The maximum absolute atomic E-state index is 12.1. The second-order valence-corrected chi connectivity index (χ2v) is 6.50. The van der Waals surface area contributed by atoms with Crippen LogP contribution in [0.5, 0.6) is 0 Å². The number of carbonyl (C=O) groups excluding carboxylic acids is 1. The number of urea groups is 1. The van der Waals surface area contributed by atoms with Crippen molar-refractivity contribution in [2.24, 2.45) is 0 Å². The summed E-state index contributed by atoms with van der Waals surface area (Å²) in [5.41, 5.74) is 2.97. The Morgan fingerprint density at radius 2 is 1.61 bits per heavy atom. The van der Waals surface area contributed by atoms with Crippen molar-refractivity contribution in [3.8, 4) is 0 Å². The van der Waals surface area contributed by atoms with Crippen molar-refractivity contribution >= 4 is 17.4 Å². The number of anilines is 2. The molecule has 0 bridgehead atoms. The van der Waals surface area contributed by atoms with Crippen molar-refractivity contribution in [3.63, 3.8) is 0 Å². The van der Waals surface area contributed by atoms with Gasteiger partial charge in [-0.2, -0.15) is 0 Å². The Balaban J connectivity index is 1.90. The molecule has 0 saturated heterocycles. The van der Waals surface area contributed by atoms with Gasteiger partial charge in [0.05, 0.1) is 0 Å². The number of rotatable bonds is 5. The molecule has 0 aliphatic heterocycles. The van der Waals surface area contributed by atoms with Gasteiger partial charge in [0.2, 0.25) is 0 Å². The summed E-state index contributed by atoms with van der Waals surface area (Å²) in [6.07, 6.45) is 0. The molecule has 0 aromatic heterocycles. The van der Waals surface area contributed by atoms with Crippen molar-refractivity contribution in [2.45, 2.75) is 19.3 Å². The van der Waals surface area contributed by atoms with Crippen LogP contribution in [-0.2, 0) is 5.41 Å². The van der Waals surface area contributed by atoms with E-state index >= 15 is 0 Å². The van der Waals surface area contributed by atoms with Crippen molar-refractivity contribution in [1.82, 2.24) is 5.32 Å². The van der Waals surface area contributed by atoms with Gasteiger partial charge in [-0.1, -0.05) is 44.2 Å². The summed E-state index contributed by atoms with van der Waals surface area (Å²) in [7, 11) is 3.97. The largest absolute Gasteiger partial charge is 0.378 e. The first-order valence-electron chi connectivity index (χ1n) is 7.76. The third kappa shape index (κ3) is 4.74. The van der Waals surface area contributed by atoms with Crippen LogP contribution in [0.15, 0.2) is 54.6 Å². The quantitative estimate of drug-likeness (QED) is 0.881. The van der Waals surface area contributed by atoms with Crippen molar-refractivity contribution < 1.29 is 4.79 Å². The minimum atomic E-state index is -0.188. The minimum Gasteiger partial charge on any atom is -0.378 e. The lowest BCUT2D eigenvalue weighted by atomic mass is 9.85. The molecule has 0 aliphatic rings. The molecule has 0 radical (unpaired) electrons. The van der Waals surface area contributed by atoms with Gasteiger partial charge in [-0.15, -0.1) is 0 Å². The highest BCUT2D eigenvalue weighted by Crippen LogP contribution is 2.21. The number of nitrogens with one attached hydrogen (secondary N) is 2. The van der Waals surface area contributed by atoms with Crippen LogP contribution < -0.4 is 15.5 Å². The van der Waals surface area contributed by atoms with Crippen molar-refractivity contribution in [1.29, 1.82) is 0 Å². The predicted molar refractivity (Wildman–Crippen MR) is 97.3 cm³/mol. The number of nitrogens with zero attached hydrogens (tertiary/aromatic N) is 1. The summed E-state index contributed by atoms with van der Waals surface area (Å²) in [6, 6.07) is 17.8. The summed E-state index contributed by atoms with van der Waals surface area (Å²) in [5, 5.41) is 5.81. The molecule has 0 spiro atoms. The standard InChI is InChI=1S/C19H25N3O/c1-19(2,15-8-6-5-7-9-15)14-20-18(23)21-16-10-12-17(13-11-16)22(3)4/h5-13H,14H2,1-4H3,(H2,20,21,23). The number of benzene rings is 2. The summed E-state index contributed by atoms with van der Waals surface area (Å²) < 4.78 is 0. The third-order valence-electron chi connectivity index (χ3n) is 3.89. The second-order valence-electron chi connectivity index (χ2n) is 6.50. The highest BCUT2D eigenvalue weighted by atomic mass is 16.2. The van der Waals surface area contributed by atoms with Gasteiger partial charge in [0.25, 0.3) is 0 Å². The van der Waals surface area contributed by atoms with Gasteiger partial charge in [-0.05, 0) is 29.8 Å². The van der Waals surface area contributed by atoms with Crippen molar-refractivity contribution in [2.75, 3.05) is 30.9 Å². The Labute approximate surface area is 138 Å². The first-order valence-corrected chi connectivity index (χ1v) is 7.76. The average Bonchev–Trinajstić information content (AvgIpc) is 2.54. The van der Waals surface area contributed by atoms with E-state index in [0.717, 1.165) is 11.4 Å². The van der Waals surface area contributed by atoms with Crippen LogP contribution in [0.2, 0.25) is 0 Å². The Bertz CT molecular complexity index is 633. The van der Waals surface area contributed by atoms with E-state index in [1.54, 1.807) is 0 Å². The van der Waals surface area contributed by atoms with Crippen LogP contribution in [-0.4, -0.2) is 26.7 Å². The van der Waals surface area contributed by atoms with Crippen molar-refractivity contribution in [3.05, 3.63) is 60.2 Å². The van der Waals surface area contributed by atoms with E-state index in [4.69, 9.17) is 0 Å². The fourth-order valence-corrected chi connectivity index (χ4v) is 2.31. The highest BCUT2D eigenvalue weighted by Gasteiger charge is 2.20. The molecule has 0 unspecified atom stereocenters. The van der Waals surface area contributed by atoms with Gasteiger partial charge in [-0.3, -0.25) is 0 Å². The molecular formula is C19H25N3O. The van der Waals surface area contributed by atoms with Gasteiger partial charge in [0, 0.05) is 37.4 Å². The average molecular weight is 311 g/mol. The van der Waals surface area contributed by atoms with Gasteiger partial charge in [0.1, 0.15) is 0 Å². The Morgan fingerprint density at radius 3 is 2.17 bits per heavy atom. The number of carbonyl (C=O) groups is 1. The SMILES string of the molecule is CN(C)c1ccc(NC(=O)NCC(C)(C)c2ccccc2)cc1. The molecule has 2 amide bonds. The van der Waals surface area contributed by atoms with Gasteiger partial charge in [0.15, 0.2) is 0 Å². The van der Waals surface area contributed by atoms with Crippen LogP contribution in [0.1, 0.15) is 19.4 Å². The van der Waals surface area contributed by atoms with E-state index in [2.05, 4.69) is 36.6 Å². The summed E-state index contributed by atoms with van der Waals surface area (Å²) in [5.74, 6) is 0. The Morgan fingerprint density at radius 1 is 1.00 bits per heavy atom. The zero-order chi connectivity index (χ0) is 16.9. The van der Waals surface area contributed by atoms with Crippen LogP contribution in [0.25, 0.3) is 0 Å². The number of hydrogen-bond donors (Lipinski definition) is 2. The molecule has 0 heterocycles. The fraction of sp³-hybridized carbons (Fsp3) is 0.316. The monoisotopic (exact) mass is 311 g/mol. The summed E-state index contributed by atoms with van der Waals surface area (Å²) in [4.78, 5) is 14.1. The maximum atomic E-state index is 12.1. The van der Waals surface area contributed by atoms with E-state index in [1.165, 1.54) is 5.56 Å². The van der Waals surface area contributed by atoms with Gasteiger partial charge >= 0.3 is 6.03 Å². The first-order chi connectivity index (χ1) is 10.9. The van der Waals surface area contributed by atoms with Crippen LogP contribution in [0.3, 0.4) is 0 Å². The van der Waals surface area contributed by atoms with Gasteiger partial charge < -0.3 is 15.5 Å². The molecule has 2 aromatic carbocycles. The smallest absolute Gasteiger partial charge is 0.319 e. The molecule has 23 heavy (non-hydrogen) atoms. The van der Waals surface area contributed by atoms with E-state index in [1.807, 2.05) is 61.5 Å².